The average molecular weight is 482 g/mol. The molecule has 180 valence electrons. The van der Waals surface area contributed by atoms with E-state index in [0.29, 0.717) is 23.7 Å². The molecule has 1 saturated heterocycles. The summed E-state index contributed by atoms with van der Waals surface area (Å²) in [6, 6.07) is 10.8. The number of aliphatic hydroxyl groups is 1. The van der Waals surface area contributed by atoms with Crippen molar-refractivity contribution >= 4 is 28.4 Å². The summed E-state index contributed by atoms with van der Waals surface area (Å²) in [4.78, 5) is 23.1. The van der Waals surface area contributed by atoms with Crippen LogP contribution in [0.4, 0.5) is 0 Å². The van der Waals surface area contributed by atoms with Gasteiger partial charge in [-0.15, -0.1) is 0 Å². The molecule has 0 radical (unpaired) electrons. The molecular formula is C26H32ClN5O2. The van der Waals surface area contributed by atoms with Crippen molar-refractivity contribution in [2.75, 3.05) is 53.4 Å². The number of nitrogens with one attached hydrogen (secondary N) is 2. The number of piperazine rings is 1. The normalized spacial score (nSPS) is 17.0. The lowest BCUT2D eigenvalue weighted by atomic mass is 9.96. The highest BCUT2D eigenvalue weighted by atomic mass is 35.5. The van der Waals surface area contributed by atoms with Crippen LogP contribution in [0.1, 0.15) is 27.0 Å². The zero-order valence-electron chi connectivity index (χ0n) is 19.8. The number of hydrogen-bond acceptors (Lipinski definition) is 5. The van der Waals surface area contributed by atoms with Gasteiger partial charge < -0.3 is 20.3 Å². The van der Waals surface area contributed by atoms with Crippen LogP contribution in [-0.2, 0) is 19.6 Å². The second kappa shape index (κ2) is 9.68. The summed E-state index contributed by atoms with van der Waals surface area (Å²) < 4.78 is 0. The van der Waals surface area contributed by atoms with E-state index >= 15 is 0 Å². The first-order valence-electron chi connectivity index (χ1n) is 11.9. The minimum absolute atomic E-state index is 0.0667. The number of fused-ring (bicyclic) bond motifs is 2. The molecular weight excluding hydrogens is 450 g/mol. The quantitative estimate of drug-likeness (QED) is 0.484. The van der Waals surface area contributed by atoms with Crippen LogP contribution in [0.5, 0.6) is 0 Å². The zero-order chi connectivity index (χ0) is 23.8. The Morgan fingerprint density at radius 3 is 2.59 bits per heavy atom. The van der Waals surface area contributed by atoms with Crippen LogP contribution in [0.15, 0.2) is 30.3 Å². The van der Waals surface area contributed by atoms with Gasteiger partial charge in [0.2, 0.25) is 0 Å². The molecule has 1 fully saturated rings. The van der Waals surface area contributed by atoms with Crippen molar-refractivity contribution in [2.24, 2.45) is 0 Å². The van der Waals surface area contributed by atoms with E-state index in [1.807, 2.05) is 14.1 Å². The van der Waals surface area contributed by atoms with Gasteiger partial charge in [0.15, 0.2) is 0 Å². The number of aliphatic hydroxyl groups excluding tert-OH is 1. The molecule has 7 nitrogen and oxygen atoms in total. The highest BCUT2D eigenvalue weighted by Crippen LogP contribution is 2.37. The van der Waals surface area contributed by atoms with E-state index in [4.69, 9.17) is 16.7 Å². The molecule has 2 aliphatic heterocycles. The van der Waals surface area contributed by atoms with Crippen LogP contribution in [0, 0.1) is 0 Å². The zero-order valence-corrected chi connectivity index (χ0v) is 20.6. The fraction of sp³-hybridized carbons (Fsp3) is 0.423. The lowest BCUT2D eigenvalue weighted by molar-refractivity contribution is 0.0966. The number of H-pyrrole nitrogens is 1. The maximum Gasteiger partial charge on any atom is 0.252 e. The summed E-state index contributed by atoms with van der Waals surface area (Å²) in [5.41, 5.74) is 6.78. The smallest absolute Gasteiger partial charge is 0.252 e. The van der Waals surface area contributed by atoms with Crippen molar-refractivity contribution in [1.82, 2.24) is 25.0 Å². The largest absolute Gasteiger partial charge is 0.395 e. The summed E-state index contributed by atoms with van der Waals surface area (Å²) in [5.74, 6) is -0.0667. The molecule has 0 saturated carbocycles. The van der Waals surface area contributed by atoms with Gasteiger partial charge in [0.25, 0.3) is 5.91 Å². The Balaban J connectivity index is 1.43. The molecule has 2 aliphatic rings. The number of hydrogen-bond donors (Lipinski definition) is 3. The minimum atomic E-state index is -0.0667. The van der Waals surface area contributed by atoms with Crippen molar-refractivity contribution in [2.45, 2.75) is 19.6 Å². The van der Waals surface area contributed by atoms with Gasteiger partial charge in [-0.05, 0) is 49.5 Å². The third-order valence-corrected chi connectivity index (χ3v) is 7.31. The number of rotatable bonds is 7. The van der Waals surface area contributed by atoms with Gasteiger partial charge in [-0.2, -0.15) is 0 Å². The fourth-order valence-electron chi connectivity index (χ4n) is 5.12. The summed E-state index contributed by atoms with van der Waals surface area (Å²) in [5, 5.41) is 13.9. The van der Waals surface area contributed by atoms with Gasteiger partial charge in [0, 0.05) is 80.1 Å². The Morgan fingerprint density at radius 2 is 1.85 bits per heavy atom. The van der Waals surface area contributed by atoms with E-state index in [-0.39, 0.29) is 12.5 Å². The number of halogens is 1. The number of carbonyl (C=O) groups is 1. The van der Waals surface area contributed by atoms with Gasteiger partial charge in [0.05, 0.1) is 17.2 Å². The number of nitrogens with zero attached hydrogens (tertiary/aromatic N) is 3. The molecule has 8 heteroatoms. The second-order valence-electron chi connectivity index (χ2n) is 9.62. The van der Waals surface area contributed by atoms with Gasteiger partial charge in [0.1, 0.15) is 0 Å². The van der Waals surface area contributed by atoms with Crippen LogP contribution < -0.4 is 5.32 Å². The molecule has 0 aliphatic carbocycles. The van der Waals surface area contributed by atoms with Crippen molar-refractivity contribution in [3.63, 3.8) is 0 Å². The molecule has 0 atom stereocenters. The lowest BCUT2D eigenvalue weighted by Crippen LogP contribution is -2.46. The summed E-state index contributed by atoms with van der Waals surface area (Å²) in [6.45, 7) is 7.09. The molecule has 1 aromatic heterocycles. The van der Waals surface area contributed by atoms with E-state index in [2.05, 4.69) is 55.3 Å². The fourth-order valence-corrected chi connectivity index (χ4v) is 5.40. The van der Waals surface area contributed by atoms with Crippen LogP contribution in [0.3, 0.4) is 0 Å². The van der Waals surface area contributed by atoms with E-state index in [1.54, 1.807) is 0 Å². The van der Waals surface area contributed by atoms with Gasteiger partial charge >= 0.3 is 0 Å². The monoisotopic (exact) mass is 481 g/mol. The predicted molar refractivity (Wildman–Crippen MR) is 136 cm³/mol. The van der Waals surface area contributed by atoms with Crippen LogP contribution in [-0.4, -0.2) is 84.1 Å². The number of aromatic amines is 1. The van der Waals surface area contributed by atoms with Gasteiger partial charge in [-0.3, -0.25) is 14.6 Å². The summed E-state index contributed by atoms with van der Waals surface area (Å²) >= 11 is 6.69. The van der Waals surface area contributed by atoms with E-state index in [0.717, 1.165) is 72.6 Å². The minimum Gasteiger partial charge on any atom is -0.395 e. The van der Waals surface area contributed by atoms with Crippen molar-refractivity contribution < 1.29 is 9.90 Å². The average Bonchev–Trinajstić information content (AvgIpc) is 3.41. The Morgan fingerprint density at radius 1 is 1.09 bits per heavy atom. The van der Waals surface area contributed by atoms with E-state index < -0.39 is 0 Å². The van der Waals surface area contributed by atoms with Crippen LogP contribution in [0.25, 0.3) is 22.2 Å². The highest BCUT2D eigenvalue weighted by Gasteiger charge is 2.28. The molecule has 0 bridgehead atoms. The number of carbonyl (C=O) groups excluding carboxylic acids is 1. The SMILES string of the molecule is CN(C)Cc1cc(-c2cc3cc(CN4CCN(CCO)CC4)ccc3[nH]2)c2c(c1Cl)CNC2=O. The van der Waals surface area contributed by atoms with Crippen LogP contribution in [0.2, 0.25) is 5.02 Å². The Kier molecular flexibility index (Phi) is 6.64. The molecule has 2 aromatic carbocycles. The first-order valence-corrected chi connectivity index (χ1v) is 12.3. The third kappa shape index (κ3) is 4.59. The maximum atomic E-state index is 12.7. The molecule has 0 unspecified atom stereocenters. The molecule has 3 aromatic rings. The highest BCUT2D eigenvalue weighted by molar-refractivity contribution is 6.33. The standard InChI is InChI=1S/C26H32ClN5O2/c1-30(2)16-19-12-20(24-21(25(19)27)14-28-26(24)34)23-13-18-11-17(3-4-22(18)29-23)15-32-7-5-31(6-8-32)9-10-33/h3-4,11-13,29,33H,5-10,14-16H2,1-2H3,(H,28,34). The Bertz CT molecular complexity index is 1210. The van der Waals surface area contributed by atoms with Crippen molar-refractivity contribution in [3.05, 3.63) is 57.6 Å². The molecule has 34 heavy (non-hydrogen) atoms. The molecule has 1 amide bonds. The van der Waals surface area contributed by atoms with Gasteiger partial charge in [-0.25, -0.2) is 0 Å². The van der Waals surface area contributed by atoms with Crippen LogP contribution >= 0.6 is 11.6 Å². The van der Waals surface area contributed by atoms with Crippen molar-refractivity contribution in [3.8, 4) is 11.3 Å². The molecule has 0 spiro atoms. The Hall–Kier alpha value is -2.42. The number of amides is 1. The predicted octanol–water partition coefficient (Wildman–Crippen LogP) is 2.90. The summed E-state index contributed by atoms with van der Waals surface area (Å²) in [6.07, 6.45) is 0. The topological polar surface area (TPSA) is 74.8 Å². The third-order valence-electron chi connectivity index (χ3n) is 6.84. The van der Waals surface area contributed by atoms with E-state index in [9.17, 15) is 4.79 Å². The second-order valence-corrected chi connectivity index (χ2v) is 10.00. The van der Waals surface area contributed by atoms with Crippen molar-refractivity contribution in [1.29, 1.82) is 0 Å². The molecule has 5 rings (SSSR count). The Labute approximate surface area is 205 Å². The summed E-state index contributed by atoms with van der Waals surface area (Å²) in [7, 11) is 4.03. The van der Waals surface area contributed by atoms with E-state index in [1.165, 1.54) is 5.56 Å². The number of benzene rings is 2. The number of β-amino-alcohol motifs (C(OH)–C–C–N with tert-alkyl or cyclic N) is 1. The number of aromatic nitrogens is 1. The lowest BCUT2D eigenvalue weighted by Gasteiger charge is -2.34. The first kappa shape index (κ1) is 23.3. The van der Waals surface area contributed by atoms with Gasteiger partial charge in [-0.1, -0.05) is 17.7 Å². The first-order chi connectivity index (χ1) is 16.4. The maximum absolute atomic E-state index is 12.7. The molecule has 3 N–H and O–H groups in total. The molecule has 3 heterocycles.